The zero-order valence-corrected chi connectivity index (χ0v) is 10.1. The van der Waals surface area contributed by atoms with Gasteiger partial charge in [0.15, 0.2) is 0 Å². The molecule has 0 spiro atoms. The van der Waals surface area contributed by atoms with E-state index in [1.807, 2.05) is 0 Å². The van der Waals surface area contributed by atoms with Crippen LogP contribution in [0.2, 0.25) is 0 Å². The predicted molar refractivity (Wildman–Crippen MR) is 62.6 cm³/mol. The molecule has 2 heteroatoms. The van der Waals surface area contributed by atoms with Crippen LogP contribution in [-0.2, 0) is 0 Å². The molecule has 0 aliphatic heterocycles. The van der Waals surface area contributed by atoms with E-state index in [2.05, 4.69) is 19.2 Å². The second-order valence-corrected chi connectivity index (χ2v) is 6.90. The van der Waals surface area contributed by atoms with Crippen molar-refractivity contribution in [2.24, 2.45) is 17.6 Å². The lowest BCUT2D eigenvalue weighted by Crippen LogP contribution is -2.68. The first-order chi connectivity index (χ1) is 6.99. The van der Waals surface area contributed by atoms with Crippen LogP contribution in [0.3, 0.4) is 0 Å². The van der Waals surface area contributed by atoms with E-state index in [0.717, 1.165) is 11.8 Å². The van der Waals surface area contributed by atoms with Crippen LogP contribution in [0.15, 0.2) is 0 Å². The van der Waals surface area contributed by atoms with Crippen LogP contribution in [0, 0.1) is 11.8 Å². The van der Waals surface area contributed by atoms with E-state index in [9.17, 15) is 0 Å². The van der Waals surface area contributed by atoms with Crippen molar-refractivity contribution in [2.45, 2.75) is 69.5 Å². The summed E-state index contributed by atoms with van der Waals surface area (Å²) in [7, 11) is 0. The Morgan fingerprint density at radius 1 is 1.13 bits per heavy atom. The van der Waals surface area contributed by atoms with Crippen molar-refractivity contribution in [3.63, 3.8) is 0 Å². The van der Waals surface area contributed by atoms with E-state index in [1.54, 1.807) is 0 Å². The summed E-state index contributed by atoms with van der Waals surface area (Å²) >= 11 is 0. The van der Waals surface area contributed by atoms with Crippen LogP contribution in [0.5, 0.6) is 0 Å². The highest BCUT2D eigenvalue weighted by Crippen LogP contribution is 2.56. The zero-order chi connectivity index (χ0) is 10.7. The Morgan fingerprint density at radius 2 is 1.73 bits per heavy atom. The van der Waals surface area contributed by atoms with Crippen LogP contribution in [0.1, 0.15) is 52.4 Å². The lowest BCUT2D eigenvalue weighted by Gasteiger charge is -2.61. The van der Waals surface area contributed by atoms with Crippen molar-refractivity contribution in [3.05, 3.63) is 0 Å². The van der Waals surface area contributed by atoms with Crippen LogP contribution < -0.4 is 11.1 Å². The highest BCUT2D eigenvalue weighted by atomic mass is 15.0. The lowest BCUT2D eigenvalue weighted by molar-refractivity contribution is -0.0388. The SMILES string of the molecule is CC(C)NC12CC3CC(CC(N)(C3)C1)C2. The summed E-state index contributed by atoms with van der Waals surface area (Å²) in [5, 5.41) is 3.83. The average molecular weight is 208 g/mol. The third kappa shape index (κ3) is 1.62. The van der Waals surface area contributed by atoms with Gasteiger partial charge in [0.2, 0.25) is 0 Å². The normalized spacial score (nSPS) is 52.8. The van der Waals surface area contributed by atoms with E-state index < -0.39 is 0 Å². The van der Waals surface area contributed by atoms with E-state index in [4.69, 9.17) is 5.73 Å². The number of hydrogen-bond acceptors (Lipinski definition) is 2. The van der Waals surface area contributed by atoms with Crippen molar-refractivity contribution in [1.29, 1.82) is 0 Å². The smallest absolute Gasteiger partial charge is 0.0206 e. The first-order valence-corrected chi connectivity index (χ1v) is 6.55. The Kier molecular flexibility index (Phi) is 2.01. The summed E-state index contributed by atoms with van der Waals surface area (Å²) in [6.07, 6.45) is 8.06. The second-order valence-electron chi connectivity index (χ2n) is 6.90. The van der Waals surface area contributed by atoms with E-state index in [1.165, 1.54) is 38.5 Å². The predicted octanol–water partition coefficient (Wildman–Crippen LogP) is 2.03. The fraction of sp³-hybridized carbons (Fsp3) is 1.00. The van der Waals surface area contributed by atoms with Gasteiger partial charge in [0.25, 0.3) is 0 Å². The van der Waals surface area contributed by atoms with Gasteiger partial charge in [0, 0.05) is 17.1 Å². The molecular weight excluding hydrogens is 184 g/mol. The van der Waals surface area contributed by atoms with Gasteiger partial charge < -0.3 is 11.1 Å². The van der Waals surface area contributed by atoms with Gasteiger partial charge in [-0.3, -0.25) is 0 Å². The molecule has 0 aromatic heterocycles. The molecule has 0 aromatic rings. The topological polar surface area (TPSA) is 38.0 Å². The highest BCUT2D eigenvalue weighted by Gasteiger charge is 2.56. The quantitative estimate of drug-likeness (QED) is 0.729. The Morgan fingerprint density at radius 3 is 2.20 bits per heavy atom. The number of nitrogens with one attached hydrogen (secondary N) is 1. The van der Waals surface area contributed by atoms with Gasteiger partial charge in [0.05, 0.1) is 0 Å². The molecule has 0 heterocycles. The van der Waals surface area contributed by atoms with Gasteiger partial charge in [-0.05, 0) is 50.4 Å². The second kappa shape index (κ2) is 2.98. The van der Waals surface area contributed by atoms with Gasteiger partial charge in [0.1, 0.15) is 0 Å². The van der Waals surface area contributed by atoms with Crippen molar-refractivity contribution in [1.82, 2.24) is 5.32 Å². The summed E-state index contributed by atoms with van der Waals surface area (Å²) in [5.74, 6) is 1.84. The molecule has 2 nitrogen and oxygen atoms in total. The minimum Gasteiger partial charge on any atom is -0.325 e. The van der Waals surface area contributed by atoms with Gasteiger partial charge in [-0.1, -0.05) is 13.8 Å². The Labute approximate surface area is 93.0 Å². The van der Waals surface area contributed by atoms with Crippen molar-refractivity contribution < 1.29 is 0 Å². The van der Waals surface area contributed by atoms with Gasteiger partial charge in [-0.2, -0.15) is 0 Å². The maximum absolute atomic E-state index is 6.54. The molecule has 15 heavy (non-hydrogen) atoms. The molecule has 3 N–H and O–H groups in total. The molecule has 0 radical (unpaired) electrons. The molecular formula is C13H24N2. The van der Waals surface area contributed by atoms with E-state index in [-0.39, 0.29) is 5.54 Å². The fourth-order valence-corrected chi connectivity index (χ4v) is 5.11. The van der Waals surface area contributed by atoms with Crippen molar-refractivity contribution in [2.75, 3.05) is 0 Å². The highest BCUT2D eigenvalue weighted by molar-refractivity contribution is 5.14. The summed E-state index contributed by atoms with van der Waals surface area (Å²) in [6.45, 7) is 4.53. The first kappa shape index (κ1) is 10.1. The Balaban J connectivity index is 1.86. The molecule has 0 saturated heterocycles. The maximum atomic E-state index is 6.54. The molecule has 4 fully saturated rings. The number of hydrogen-bond donors (Lipinski definition) is 2. The fourth-order valence-electron chi connectivity index (χ4n) is 5.11. The molecule has 4 bridgehead atoms. The summed E-state index contributed by atoms with van der Waals surface area (Å²) in [4.78, 5) is 0. The number of rotatable bonds is 2. The molecule has 4 saturated carbocycles. The molecule has 86 valence electrons. The minimum absolute atomic E-state index is 0.186. The molecule has 2 atom stereocenters. The Bertz CT molecular complexity index is 252. The van der Waals surface area contributed by atoms with Gasteiger partial charge in [-0.25, -0.2) is 0 Å². The van der Waals surface area contributed by atoms with Crippen LogP contribution >= 0.6 is 0 Å². The molecule has 4 rings (SSSR count). The number of nitrogens with two attached hydrogens (primary N) is 1. The summed E-state index contributed by atoms with van der Waals surface area (Å²) in [6, 6.07) is 0.602. The summed E-state index contributed by atoms with van der Waals surface area (Å²) in [5.41, 5.74) is 7.14. The monoisotopic (exact) mass is 208 g/mol. The zero-order valence-electron chi connectivity index (χ0n) is 10.1. The molecule has 2 unspecified atom stereocenters. The van der Waals surface area contributed by atoms with Crippen LogP contribution in [0.25, 0.3) is 0 Å². The van der Waals surface area contributed by atoms with Crippen molar-refractivity contribution >= 4 is 0 Å². The van der Waals surface area contributed by atoms with E-state index in [0.29, 0.717) is 11.6 Å². The standard InChI is InChI=1S/C13H24N2/c1-9(2)15-13-6-10-3-11(7-13)5-12(14,4-10)8-13/h9-11,15H,3-8,14H2,1-2H3. The van der Waals surface area contributed by atoms with Crippen LogP contribution in [0.4, 0.5) is 0 Å². The maximum Gasteiger partial charge on any atom is 0.0206 e. The van der Waals surface area contributed by atoms with Crippen LogP contribution in [-0.4, -0.2) is 17.1 Å². The third-order valence-corrected chi connectivity index (χ3v) is 4.70. The van der Waals surface area contributed by atoms with Crippen molar-refractivity contribution in [3.8, 4) is 0 Å². The molecule has 4 aliphatic carbocycles. The molecule has 0 amide bonds. The molecule has 4 aliphatic rings. The minimum atomic E-state index is 0.186. The first-order valence-electron chi connectivity index (χ1n) is 6.55. The van der Waals surface area contributed by atoms with E-state index >= 15 is 0 Å². The van der Waals surface area contributed by atoms with Gasteiger partial charge >= 0.3 is 0 Å². The average Bonchev–Trinajstić information content (AvgIpc) is 1.94. The largest absolute Gasteiger partial charge is 0.325 e. The molecule has 0 aromatic carbocycles. The third-order valence-electron chi connectivity index (χ3n) is 4.70. The lowest BCUT2D eigenvalue weighted by atomic mass is 9.50. The summed E-state index contributed by atoms with van der Waals surface area (Å²) < 4.78 is 0. The van der Waals surface area contributed by atoms with Gasteiger partial charge in [-0.15, -0.1) is 0 Å². The Hall–Kier alpha value is -0.0800.